The highest BCUT2D eigenvalue weighted by molar-refractivity contribution is 6.30. The molecule has 1 heterocycles. The van der Waals surface area contributed by atoms with Gasteiger partial charge in [0.1, 0.15) is 0 Å². The third-order valence-corrected chi connectivity index (χ3v) is 4.75. The quantitative estimate of drug-likeness (QED) is 0.874. The summed E-state index contributed by atoms with van der Waals surface area (Å²) >= 11 is 5.98. The minimum Gasteiger partial charge on any atom is -0.381 e. The van der Waals surface area contributed by atoms with Gasteiger partial charge in [0.2, 0.25) is 5.91 Å². The van der Waals surface area contributed by atoms with Crippen LogP contribution in [0.15, 0.2) is 24.3 Å². The second kappa shape index (κ2) is 7.95. The number of halogens is 1. The largest absolute Gasteiger partial charge is 0.381 e. The molecule has 1 aromatic rings. The molecule has 0 spiro atoms. The first-order valence-electron chi connectivity index (χ1n) is 7.89. The van der Waals surface area contributed by atoms with Gasteiger partial charge in [-0.3, -0.25) is 4.79 Å². The SMILES string of the molecule is CCN(C)CCNC(=O)C1(c2ccc(Cl)cc2)CCOCC1. The van der Waals surface area contributed by atoms with E-state index in [1.54, 1.807) is 0 Å². The number of rotatable bonds is 6. The molecule has 1 aromatic carbocycles. The van der Waals surface area contributed by atoms with Crippen molar-refractivity contribution in [1.82, 2.24) is 10.2 Å². The van der Waals surface area contributed by atoms with E-state index in [1.165, 1.54) is 0 Å². The zero-order chi connectivity index (χ0) is 16.0. The summed E-state index contributed by atoms with van der Waals surface area (Å²) in [6.45, 7) is 5.84. The summed E-state index contributed by atoms with van der Waals surface area (Å²) in [4.78, 5) is 15.0. The first-order valence-corrected chi connectivity index (χ1v) is 8.27. The second-order valence-electron chi connectivity index (χ2n) is 5.85. The fourth-order valence-corrected chi connectivity index (χ4v) is 2.95. The molecule has 1 fully saturated rings. The van der Waals surface area contributed by atoms with E-state index in [0.717, 1.165) is 18.7 Å². The van der Waals surface area contributed by atoms with Crippen molar-refractivity contribution in [1.29, 1.82) is 0 Å². The molecule has 5 heteroatoms. The number of nitrogens with one attached hydrogen (secondary N) is 1. The summed E-state index contributed by atoms with van der Waals surface area (Å²) in [7, 11) is 2.05. The highest BCUT2D eigenvalue weighted by Gasteiger charge is 2.41. The van der Waals surface area contributed by atoms with E-state index in [-0.39, 0.29) is 5.91 Å². The third kappa shape index (κ3) is 4.00. The summed E-state index contributed by atoms with van der Waals surface area (Å²) in [6, 6.07) is 7.63. The van der Waals surface area contributed by atoms with Crippen LogP contribution in [0.25, 0.3) is 0 Å². The Hall–Kier alpha value is -1.10. The normalized spacial score (nSPS) is 17.5. The maximum absolute atomic E-state index is 12.9. The summed E-state index contributed by atoms with van der Waals surface area (Å²) < 4.78 is 5.47. The lowest BCUT2D eigenvalue weighted by molar-refractivity contribution is -0.130. The Balaban J connectivity index is 2.11. The van der Waals surface area contributed by atoms with Gasteiger partial charge < -0.3 is 15.0 Å². The summed E-state index contributed by atoms with van der Waals surface area (Å²) in [6.07, 6.45) is 1.42. The van der Waals surface area contributed by atoms with Crippen LogP contribution in [0.4, 0.5) is 0 Å². The Morgan fingerprint density at radius 2 is 1.95 bits per heavy atom. The predicted molar refractivity (Wildman–Crippen MR) is 89.4 cm³/mol. The van der Waals surface area contributed by atoms with E-state index >= 15 is 0 Å². The second-order valence-corrected chi connectivity index (χ2v) is 6.29. The van der Waals surface area contributed by atoms with Crippen molar-refractivity contribution in [3.8, 4) is 0 Å². The van der Waals surface area contributed by atoms with Crippen molar-refractivity contribution in [2.45, 2.75) is 25.2 Å². The van der Waals surface area contributed by atoms with E-state index in [4.69, 9.17) is 16.3 Å². The summed E-state index contributed by atoms with van der Waals surface area (Å²) in [5.74, 6) is 0.0997. The highest BCUT2D eigenvalue weighted by Crippen LogP contribution is 2.35. The van der Waals surface area contributed by atoms with E-state index in [2.05, 4.69) is 24.2 Å². The summed E-state index contributed by atoms with van der Waals surface area (Å²) in [5.41, 5.74) is 0.537. The van der Waals surface area contributed by atoms with Crippen molar-refractivity contribution in [3.63, 3.8) is 0 Å². The van der Waals surface area contributed by atoms with Gasteiger partial charge in [-0.05, 0) is 44.1 Å². The van der Waals surface area contributed by atoms with Crippen molar-refractivity contribution >= 4 is 17.5 Å². The number of ether oxygens (including phenoxy) is 1. The Kier molecular flexibility index (Phi) is 6.24. The van der Waals surface area contributed by atoms with Gasteiger partial charge in [-0.25, -0.2) is 0 Å². The lowest BCUT2D eigenvalue weighted by Gasteiger charge is -2.36. The minimum atomic E-state index is -0.492. The number of amides is 1. The smallest absolute Gasteiger partial charge is 0.230 e. The number of carbonyl (C=O) groups is 1. The maximum Gasteiger partial charge on any atom is 0.230 e. The predicted octanol–water partition coefficient (Wildman–Crippen LogP) is 2.46. The van der Waals surface area contributed by atoms with Crippen LogP contribution in [-0.2, 0) is 14.9 Å². The Morgan fingerprint density at radius 1 is 1.32 bits per heavy atom. The van der Waals surface area contributed by atoms with Crippen molar-refractivity contribution < 1.29 is 9.53 Å². The fraction of sp³-hybridized carbons (Fsp3) is 0.588. The molecule has 1 saturated heterocycles. The zero-order valence-corrected chi connectivity index (χ0v) is 14.2. The molecule has 0 bridgehead atoms. The van der Waals surface area contributed by atoms with Crippen LogP contribution in [0.1, 0.15) is 25.3 Å². The van der Waals surface area contributed by atoms with Crippen LogP contribution in [-0.4, -0.2) is 50.7 Å². The number of hydrogen-bond acceptors (Lipinski definition) is 3. The first kappa shape index (κ1) is 17.3. The molecule has 4 nitrogen and oxygen atoms in total. The first-order chi connectivity index (χ1) is 10.6. The molecule has 0 atom stereocenters. The number of nitrogens with zero attached hydrogens (tertiary/aromatic N) is 1. The van der Waals surface area contributed by atoms with Gasteiger partial charge in [0.15, 0.2) is 0 Å². The van der Waals surface area contributed by atoms with Crippen molar-refractivity contribution in [2.75, 3.05) is 39.9 Å². The molecular formula is C17H25ClN2O2. The number of likely N-dealkylation sites (N-methyl/N-ethyl adjacent to an activating group) is 1. The number of carbonyl (C=O) groups excluding carboxylic acids is 1. The van der Waals surface area contributed by atoms with Crippen LogP contribution in [0.5, 0.6) is 0 Å². The summed E-state index contributed by atoms with van der Waals surface area (Å²) in [5, 5.41) is 3.79. The van der Waals surface area contributed by atoms with E-state index < -0.39 is 5.41 Å². The van der Waals surface area contributed by atoms with E-state index in [0.29, 0.717) is 37.6 Å². The van der Waals surface area contributed by atoms with Gasteiger partial charge in [0.05, 0.1) is 5.41 Å². The van der Waals surface area contributed by atoms with Crippen LogP contribution in [0, 0.1) is 0 Å². The van der Waals surface area contributed by atoms with Gasteiger partial charge in [-0.1, -0.05) is 30.7 Å². The molecule has 122 valence electrons. The minimum absolute atomic E-state index is 0.0997. The van der Waals surface area contributed by atoms with E-state index in [9.17, 15) is 4.79 Å². The van der Waals surface area contributed by atoms with Gasteiger partial charge in [-0.15, -0.1) is 0 Å². The molecule has 0 unspecified atom stereocenters. The monoisotopic (exact) mass is 324 g/mol. The average Bonchev–Trinajstić information content (AvgIpc) is 2.55. The number of hydrogen-bond donors (Lipinski definition) is 1. The molecule has 1 amide bonds. The van der Waals surface area contributed by atoms with E-state index in [1.807, 2.05) is 24.3 Å². The molecule has 1 aliphatic heterocycles. The zero-order valence-electron chi connectivity index (χ0n) is 13.4. The molecule has 1 N–H and O–H groups in total. The molecule has 1 aliphatic rings. The highest BCUT2D eigenvalue weighted by atomic mass is 35.5. The average molecular weight is 325 g/mol. The Morgan fingerprint density at radius 3 is 2.55 bits per heavy atom. The van der Waals surface area contributed by atoms with Crippen LogP contribution in [0.3, 0.4) is 0 Å². The molecule has 0 saturated carbocycles. The van der Waals surface area contributed by atoms with Gasteiger partial charge in [-0.2, -0.15) is 0 Å². The molecule has 0 aliphatic carbocycles. The lowest BCUT2D eigenvalue weighted by Crippen LogP contribution is -2.49. The Labute approximate surface area is 137 Å². The molecule has 0 aromatic heterocycles. The number of benzene rings is 1. The standard InChI is InChI=1S/C17H25ClN2O2/c1-3-20(2)11-10-19-16(21)17(8-12-22-13-9-17)14-4-6-15(18)7-5-14/h4-7H,3,8-13H2,1-2H3,(H,19,21). The van der Waals surface area contributed by atoms with Crippen LogP contribution < -0.4 is 5.32 Å². The molecule has 0 radical (unpaired) electrons. The lowest BCUT2D eigenvalue weighted by atomic mass is 9.73. The fourth-order valence-electron chi connectivity index (χ4n) is 2.82. The molecule has 22 heavy (non-hydrogen) atoms. The van der Waals surface area contributed by atoms with Gasteiger partial charge in [0, 0.05) is 31.3 Å². The van der Waals surface area contributed by atoms with Gasteiger partial charge in [0.25, 0.3) is 0 Å². The van der Waals surface area contributed by atoms with Crippen molar-refractivity contribution in [3.05, 3.63) is 34.9 Å². The van der Waals surface area contributed by atoms with Crippen molar-refractivity contribution in [2.24, 2.45) is 0 Å². The Bertz CT molecular complexity index is 484. The molecular weight excluding hydrogens is 300 g/mol. The maximum atomic E-state index is 12.9. The molecule has 2 rings (SSSR count). The van der Waals surface area contributed by atoms with Crippen LogP contribution in [0.2, 0.25) is 5.02 Å². The van der Waals surface area contributed by atoms with Gasteiger partial charge >= 0.3 is 0 Å². The third-order valence-electron chi connectivity index (χ3n) is 4.50. The topological polar surface area (TPSA) is 41.6 Å². The van der Waals surface area contributed by atoms with Crippen LogP contribution >= 0.6 is 11.6 Å².